The Labute approximate surface area is 155 Å². The summed E-state index contributed by atoms with van der Waals surface area (Å²) in [6.07, 6.45) is -1.05. The van der Waals surface area contributed by atoms with Crippen molar-refractivity contribution in [3.63, 3.8) is 0 Å². The van der Waals surface area contributed by atoms with Gasteiger partial charge in [-0.05, 0) is 24.6 Å². The lowest BCUT2D eigenvalue weighted by molar-refractivity contribution is -0.155. The summed E-state index contributed by atoms with van der Waals surface area (Å²) in [4.78, 5) is 49.4. The minimum absolute atomic E-state index is 0.254. The zero-order valence-electron chi connectivity index (χ0n) is 14.7. The molecule has 1 aliphatic heterocycles. The van der Waals surface area contributed by atoms with E-state index < -0.39 is 36.3 Å². The van der Waals surface area contributed by atoms with Crippen molar-refractivity contribution in [2.45, 2.75) is 19.6 Å². The predicted molar refractivity (Wildman–Crippen MR) is 95.7 cm³/mol. The van der Waals surface area contributed by atoms with Crippen molar-refractivity contribution in [1.82, 2.24) is 10.2 Å². The summed E-state index contributed by atoms with van der Waals surface area (Å²) >= 11 is 0. The fraction of sp³-hybridized carbons (Fsp3) is 0.200. The molecule has 1 heterocycles. The van der Waals surface area contributed by atoms with Crippen LogP contribution < -0.4 is 5.32 Å². The Morgan fingerprint density at radius 1 is 0.963 bits per heavy atom. The molecule has 7 nitrogen and oxygen atoms in total. The summed E-state index contributed by atoms with van der Waals surface area (Å²) in [6, 6.07) is 15.6. The zero-order valence-corrected chi connectivity index (χ0v) is 14.7. The van der Waals surface area contributed by atoms with Gasteiger partial charge in [-0.1, -0.05) is 42.5 Å². The Hall–Kier alpha value is -3.48. The average Bonchev–Trinajstić information content (AvgIpc) is 2.92. The number of hydrogen-bond acceptors (Lipinski definition) is 5. The van der Waals surface area contributed by atoms with Crippen molar-refractivity contribution in [2.24, 2.45) is 0 Å². The van der Waals surface area contributed by atoms with Crippen molar-refractivity contribution in [2.75, 3.05) is 6.54 Å². The highest BCUT2D eigenvalue weighted by molar-refractivity contribution is 6.22. The third-order valence-corrected chi connectivity index (χ3v) is 4.15. The van der Waals surface area contributed by atoms with Crippen molar-refractivity contribution >= 4 is 23.7 Å². The molecule has 0 bridgehead atoms. The summed E-state index contributed by atoms with van der Waals surface area (Å²) in [7, 11) is 0. The molecule has 0 aliphatic carbocycles. The van der Waals surface area contributed by atoms with Gasteiger partial charge >= 0.3 is 5.97 Å². The number of carbonyl (C=O) groups is 4. The number of amides is 3. The molecule has 1 atom stereocenters. The lowest BCUT2D eigenvalue weighted by Gasteiger charge is -2.16. The van der Waals surface area contributed by atoms with Gasteiger partial charge in [-0.2, -0.15) is 0 Å². The van der Waals surface area contributed by atoms with E-state index in [1.165, 1.54) is 19.1 Å². The maximum atomic E-state index is 12.2. The number of nitrogens with zero attached hydrogens (tertiary/aromatic N) is 1. The van der Waals surface area contributed by atoms with Gasteiger partial charge in [-0.3, -0.25) is 24.1 Å². The third-order valence-electron chi connectivity index (χ3n) is 4.15. The van der Waals surface area contributed by atoms with E-state index in [0.29, 0.717) is 6.54 Å². The molecule has 1 N–H and O–H groups in total. The molecule has 138 valence electrons. The molecule has 3 amide bonds. The molecular formula is C20H18N2O5. The Morgan fingerprint density at radius 3 is 2.11 bits per heavy atom. The van der Waals surface area contributed by atoms with Crippen molar-refractivity contribution in [3.05, 3.63) is 71.3 Å². The van der Waals surface area contributed by atoms with Crippen molar-refractivity contribution in [3.8, 4) is 0 Å². The number of nitrogens with one attached hydrogen (secondary N) is 1. The van der Waals surface area contributed by atoms with Crippen molar-refractivity contribution < 1.29 is 23.9 Å². The van der Waals surface area contributed by atoms with Crippen LogP contribution in [0.1, 0.15) is 33.2 Å². The molecule has 1 aliphatic rings. The molecule has 0 aromatic heterocycles. The van der Waals surface area contributed by atoms with Crippen LogP contribution in [0.2, 0.25) is 0 Å². The number of benzene rings is 2. The smallest absolute Gasteiger partial charge is 0.326 e. The minimum Gasteiger partial charge on any atom is -0.451 e. The molecule has 2 aromatic rings. The molecule has 7 heteroatoms. The van der Waals surface area contributed by atoms with Crippen LogP contribution in [-0.2, 0) is 20.9 Å². The first kappa shape index (κ1) is 18.3. The molecular weight excluding hydrogens is 348 g/mol. The van der Waals surface area contributed by atoms with E-state index in [9.17, 15) is 19.2 Å². The van der Waals surface area contributed by atoms with Crippen LogP contribution in [0.3, 0.4) is 0 Å². The molecule has 3 rings (SSSR count). The highest BCUT2D eigenvalue weighted by Crippen LogP contribution is 2.22. The van der Waals surface area contributed by atoms with Crippen LogP contribution in [0.5, 0.6) is 0 Å². The number of hydrogen-bond donors (Lipinski definition) is 1. The van der Waals surface area contributed by atoms with Gasteiger partial charge in [-0.25, -0.2) is 0 Å². The number of ether oxygens (including phenoxy) is 1. The minimum atomic E-state index is -1.05. The summed E-state index contributed by atoms with van der Waals surface area (Å²) in [5, 5.41) is 2.67. The van der Waals surface area contributed by atoms with Gasteiger partial charge in [0.1, 0.15) is 6.54 Å². The summed E-state index contributed by atoms with van der Waals surface area (Å²) in [5.74, 6) is -2.39. The number of fused-ring (bicyclic) bond motifs is 1. The molecule has 0 unspecified atom stereocenters. The Bertz CT molecular complexity index is 859. The Balaban J connectivity index is 1.52. The van der Waals surface area contributed by atoms with Crippen LogP contribution in [0.4, 0.5) is 0 Å². The maximum absolute atomic E-state index is 12.2. The Kier molecular flexibility index (Phi) is 5.30. The predicted octanol–water partition coefficient (Wildman–Crippen LogP) is 1.53. The van der Waals surface area contributed by atoms with Crippen molar-refractivity contribution in [1.29, 1.82) is 0 Å². The second kappa shape index (κ2) is 7.82. The van der Waals surface area contributed by atoms with Crippen LogP contribution in [0.15, 0.2) is 54.6 Å². The standard InChI is InChI=1S/C20H18N2O5/c1-13(18(24)21-11-14-7-3-2-4-8-14)27-17(23)12-22-19(25)15-9-5-6-10-16(15)20(22)26/h2-10,13H,11-12H2,1H3,(H,21,24)/t13-/m0/s1. The van der Waals surface area contributed by atoms with E-state index in [4.69, 9.17) is 4.74 Å². The largest absolute Gasteiger partial charge is 0.451 e. The fourth-order valence-corrected chi connectivity index (χ4v) is 2.73. The number of carbonyl (C=O) groups excluding carboxylic acids is 4. The molecule has 27 heavy (non-hydrogen) atoms. The van der Waals surface area contributed by atoms with E-state index in [1.807, 2.05) is 30.3 Å². The topological polar surface area (TPSA) is 92.8 Å². The molecule has 0 saturated carbocycles. The summed E-state index contributed by atoms with van der Waals surface area (Å²) < 4.78 is 5.06. The molecule has 0 fully saturated rings. The molecule has 2 aromatic carbocycles. The van der Waals surface area contributed by atoms with Gasteiger partial charge in [0.2, 0.25) is 0 Å². The van der Waals surface area contributed by atoms with Gasteiger partial charge in [0.15, 0.2) is 6.10 Å². The van der Waals surface area contributed by atoms with Crippen LogP contribution >= 0.6 is 0 Å². The molecule has 0 spiro atoms. The van der Waals surface area contributed by atoms with Crippen LogP contribution in [0.25, 0.3) is 0 Å². The van der Waals surface area contributed by atoms with E-state index in [1.54, 1.807) is 12.1 Å². The monoisotopic (exact) mass is 366 g/mol. The lowest BCUT2D eigenvalue weighted by atomic mass is 10.1. The highest BCUT2D eigenvalue weighted by atomic mass is 16.5. The normalized spacial score (nSPS) is 13.9. The summed E-state index contributed by atoms with van der Waals surface area (Å²) in [5.41, 5.74) is 1.42. The second-order valence-electron chi connectivity index (χ2n) is 6.08. The van der Waals surface area contributed by atoms with Gasteiger partial charge in [-0.15, -0.1) is 0 Å². The number of rotatable bonds is 6. The van der Waals surface area contributed by atoms with E-state index in [-0.39, 0.29) is 11.1 Å². The first-order valence-electron chi connectivity index (χ1n) is 8.43. The lowest BCUT2D eigenvalue weighted by Crippen LogP contribution is -2.40. The van der Waals surface area contributed by atoms with Gasteiger partial charge < -0.3 is 10.1 Å². The van der Waals surface area contributed by atoms with Crippen LogP contribution in [0, 0.1) is 0 Å². The van der Waals surface area contributed by atoms with Crippen LogP contribution in [-0.4, -0.2) is 41.2 Å². The summed E-state index contributed by atoms with van der Waals surface area (Å²) in [6.45, 7) is 1.20. The number of imide groups is 1. The maximum Gasteiger partial charge on any atom is 0.326 e. The quantitative estimate of drug-likeness (QED) is 0.618. The zero-order chi connectivity index (χ0) is 19.4. The average molecular weight is 366 g/mol. The van der Waals surface area contributed by atoms with Gasteiger partial charge in [0.25, 0.3) is 17.7 Å². The third kappa shape index (κ3) is 4.03. The first-order chi connectivity index (χ1) is 13.0. The second-order valence-corrected chi connectivity index (χ2v) is 6.08. The molecule has 0 saturated heterocycles. The van der Waals surface area contributed by atoms with E-state index >= 15 is 0 Å². The van der Waals surface area contributed by atoms with E-state index in [2.05, 4.69) is 5.32 Å². The highest BCUT2D eigenvalue weighted by Gasteiger charge is 2.37. The van der Waals surface area contributed by atoms with Gasteiger partial charge in [0, 0.05) is 6.54 Å². The fourth-order valence-electron chi connectivity index (χ4n) is 2.73. The van der Waals surface area contributed by atoms with Gasteiger partial charge in [0.05, 0.1) is 11.1 Å². The first-order valence-corrected chi connectivity index (χ1v) is 8.43. The number of esters is 1. The Morgan fingerprint density at radius 2 is 1.52 bits per heavy atom. The van der Waals surface area contributed by atoms with E-state index in [0.717, 1.165) is 10.5 Å². The molecule has 0 radical (unpaired) electrons. The SMILES string of the molecule is C[C@H](OC(=O)CN1C(=O)c2ccccc2C1=O)C(=O)NCc1ccccc1.